The summed E-state index contributed by atoms with van der Waals surface area (Å²) in [5, 5.41) is 7.30. The van der Waals surface area contributed by atoms with E-state index in [4.69, 9.17) is 27.9 Å². The van der Waals surface area contributed by atoms with Crippen molar-refractivity contribution in [2.45, 2.75) is 19.8 Å². The molecule has 0 aromatic carbocycles. The lowest BCUT2D eigenvalue weighted by molar-refractivity contribution is -0.149. The van der Waals surface area contributed by atoms with Crippen molar-refractivity contribution in [2.24, 2.45) is 5.92 Å². The highest BCUT2D eigenvalue weighted by Crippen LogP contribution is 2.23. The summed E-state index contributed by atoms with van der Waals surface area (Å²) in [7, 11) is 0. The fourth-order valence-electron chi connectivity index (χ4n) is 2.29. The first-order valence-corrected chi connectivity index (χ1v) is 7.43. The molecule has 1 atom stereocenters. The van der Waals surface area contributed by atoms with Crippen molar-refractivity contribution < 1.29 is 14.3 Å². The summed E-state index contributed by atoms with van der Waals surface area (Å²) in [4.78, 5) is 25.8. The topological polar surface area (TPSA) is 72.4 Å². The molecule has 0 radical (unpaired) electrons. The number of likely N-dealkylation sites (tertiary alicyclic amines) is 1. The second kappa shape index (κ2) is 7.04. The molecule has 0 N–H and O–H groups in total. The maximum absolute atomic E-state index is 12.5. The van der Waals surface area contributed by atoms with E-state index in [0.29, 0.717) is 26.1 Å². The van der Waals surface area contributed by atoms with Crippen molar-refractivity contribution in [1.82, 2.24) is 15.1 Å². The van der Waals surface area contributed by atoms with Gasteiger partial charge in [-0.05, 0) is 25.8 Å². The third-order valence-corrected chi connectivity index (χ3v) is 3.74. The van der Waals surface area contributed by atoms with E-state index >= 15 is 0 Å². The summed E-state index contributed by atoms with van der Waals surface area (Å²) < 4.78 is 5.01. The quantitative estimate of drug-likeness (QED) is 0.794. The zero-order valence-electron chi connectivity index (χ0n) is 11.5. The number of ether oxygens (including phenoxy) is 1. The van der Waals surface area contributed by atoms with Crippen LogP contribution in [0.25, 0.3) is 0 Å². The molecular weight excluding hydrogens is 317 g/mol. The largest absolute Gasteiger partial charge is 0.466 e. The van der Waals surface area contributed by atoms with Crippen LogP contribution >= 0.6 is 23.2 Å². The van der Waals surface area contributed by atoms with Gasteiger partial charge in [0.25, 0.3) is 5.91 Å². The molecule has 1 fully saturated rings. The van der Waals surface area contributed by atoms with Crippen LogP contribution in [0.4, 0.5) is 0 Å². The van der Waals surface area contributed by atoms with Gasteiger partial charge in [-0.1, -0.05) is 23.2 Å². The van der Waals surface area contributed by atoms with Crippen LogP contribution in [0.2, 0.25) is 10.3 Å². The third kappa shape index (κ3) is 3.83. The summed E-state index contributed by atoms with van der Waals surface area (Å²) in [6.45, 7) is 2.96. The maximum Gasteiger partial charge on any atom is 0.310 e. The summed E-state index contributed by atoms with van der Waals surface area (Å²) in [6, 6.07) is 1.38. The Balaban J connectivity index is 2.12. The Morgan fingerprint density at radius 2 is 2.19 bits per heavy atom. The van der Waals surface area contributed by atoms with Gasteiger partial charge < -0.3 is 9.64 Å². The van der Waals surface area contributed by atoms with Crippen LogP contribution in [0.5, 0.6) is 0 Å². The molecule has 1 aromatic heterocycles. The van der Waals surface area contributed by atoms with Crippen molar-refractivity contribution >= 4 is 35.1 Å². The minimum atomic E-state index is -0.300. The smallest absolute Gasteiger partial charge is 0.310 e. The van der Waals surface area contributed by atoms with Gasteiger partial charge in [0, 0.05) is 13.1 Å². The number of nitrogens with zero attached hydrogens (tertiary/aromatic N) is 3. The first kappa shape index (κ1) is 16.0. The zero-order chi connectivity index (χ0) is 15.4. The molecule has 6 nitrogen and oxygen atoms in total. The molecule has 1 amide bonds. The molecular formula is C13H15Cl2N3O3. The van der Waals surface area contributed by atoms with E-state index in [-0.39, 0.29) is 33.7 Å². The Morgan fingerprint density at radius 1 is 1.43 bits per heavy atom. The van der Waals surface area contributed by atoms with E-state index in [9.17, 15) is 9.59 Å². The molecule has 0 bridgehead atoms. The van der Waals surface area contributed by atoms with Crippen molar-refractivity contribution in [1.29, 1.82) is 0 Å². The van der Waals surface area contributed by atoms with Gasteiger partial charge in [-0.15, -0.1) is 10.2 Å². The molecule has 0 spiro atoms. The lowest BCUT2D eigenvalue weighted by Crippen LogP contribution is -2.43. The van der Waals surface area contributed by atoms with Crippen LogP contribution in [0.1, 0.15) is 30.1 Å². The highest BCUT2D eigenvalue weighted by Gasteiger charge is 2.30. The highest BCUT2D eigenvalue weighted by atomic mass is 35.5. The average molecular weight is 332 g/mol. The van der Waals surface area contributed by atoms with Crippen LogP contribution in [-0.4, -0.2) is 46.7 Å². The Labute approximate surface area is 132 Å². The van der Waals surface area contributed by atoms with Gasteiger partial charge in [-0.3, -0.25) is 9.59 Å². The van der Waals surface area contributed by atoms with Crippen LogP contribution in [0.3, 0.4) is 0 Å². The number of hydrogen-bond donors (Lipinski definition) is 0. The number of aromatic nitrogens is 2. The molecule has 1 aliphatic heterocycles. The number of carbonyl (C=O) groups is 2. The van der Waals surface area contributed by atoms with Gasteiger partial charge in [0.1, 0.15) is 0 Å². The zero-order valence-corrected chi connectivity index (χ0v) is 13.0. The molecule has 2 rings (SSSR count). The minimum absolute atomic E-state index is 0.00246. The fourth-order valence-corrected chi connectivity index (χ4v) is 2.61. The van der Waals surface area contributed by atoms with Gasteiger partial charge in [-0.25, -0.2) is 0 Å². The molecule has 8 heteroatoms. The molecule has 1 saturated heterocycles. The molecule has 2 heterocycles. The fraction of sp³-hybridized carbons (Fsp3) is 0.538. The molecule has 114 valence electrons. The van der Waals surface area contributed by atoms with Gasteiger partial charge in [0.15, 0.2) is 10.3 Å². The Kier molecular flexibility index (Phi) is 5.36. The summed E-state index contributed by atoms with van der Waals surface area (Å²) in [6.07, 6.45) is 1.45. The van der Waals surface area contributed by atoms with E-state index < -0.39 is 0 Å². The Morgan fingerprint density at radius 3 is 2.90 bits per heavy atom. The molecule has 21 heavy (non-hydrogen) atoms. The number of piperidine rings is 1. The Bertz CT molecular complexity index is 553. The molecule has 1 aromatic rings. The lowest BCUT2D eigenvalue weighted by Gasteiger charge is -2.31. The minimum Gasteiger partial charge on any atom is -0.466 e. The van der Waals surface area contributed by atoms with E-state index in [2.05, 4.69) is 10.2 Å². The van der Waals surface area contributed by atoms with E-state index in [1.807, 2.05) is 0 Å². The first-order chi connectivity index (χ1) is 10.0. The lowest BCUT2D eigenvalue weighted by atomic mass is 9.97. The monoisotopic (exact) mass is 331 g/mol. The molecule has 1 aliphatic rings. The second-order valence-electron chi connectivity index (χ2n) is 4.71. The highest BCUT2D eigenvalue weighted by molar-refractivity contribution is 6.34. The van der Waals surface area contributed by atoms with Gasteiger partial charge in [-0.2, -0.15) is 0 Å². The van der Waals surface area contributed by atoms with Crippen LogP contribution in [-0.2, 0) is 9.53 Å². The summed E-state index contributed by atoms with van der Waals surface area (Å²) >= 11 is 11.6. The maximum atomic E-state index is 12.5. The number of amides is 1. The van der Waals surface area contributed by atoms with E-state index in [1.165, 1.54) is 6.07 Å². The third-order valence-electron chi connectivity index (χ3n) is 3.28. The van der Waals surface area contributed by atoms with E-state index in [0.717, 1.165) is 6.42 Å². The van der Waals surface area contributed by atoms with Crippen LogP contribution < -0.4 is 0 Å². The van der Waals surface area contributed by atoms with Gasteiger partial charge >= 0.3 is 5.97 Å². The summed E-state index contributed by atoms with van der Waals surface area (Å²) in [5.41, 5.74) is 0.196. The van der Waals surface area contributed by atoms with Gasteiger partial charge in [0.05, 0.1) is 18.1 Å². The van der Waals surface area contributed by atoms with Crippen molar-refractivity contribution in [3.63, 3.8) is 0 Å². The number of hydrogen-bond acceptors (Lipinski definition) is 5. The second-order valence-corrected chi connectivity index (χ2v) is 5.46. The normalized spacial score (nSPS) is 18.4. The average Bonchev–Trinajstić information content (AvgIpc) is 2.49. The van der Waals surface area contributed by atoms with Crippen molar-refractivity contribution in [2.75, 3.05) is 19.7 Å². The molecule has 0 unspecified atom stereocenters. The number of halogens is 2. The molecule has 0 aliphatic carbocycles. The number of carbonyl (C=O) groups excluding carboxylic acids is 2. The van der Waals surface area contributed by atoms with Gasteiger partial charge in [0.2, 0.25) is 0 Å². The molecule has 0 saturated carbocycles. The SMILES string of the molecule is CCOC(=O)[C@@H]1CCCN(C(=O)c2cc(Cl)nnc2Cl)C1. The predicted octanol–water partition coefficient (Wildman–Crippen LogP) is 2.20. The summed E-state index contributed by atoms with van der Waals surface area (Å²) in [5.74, 6) is -0.871. The number of rotatable bonds is 3. The predicted molar refractivity (Wildman–Crippen MR) is 77.3 cm³/mol. The first-order valence-electron chi connectivity index (χ1n) is 6.67. The van der Waals surface area contributed by atoms with Crippen molar-refractivity contribution in [3.05, 3.63) is 21.9 Å². The van der Waals surface area contributed by atoms with Crippen molar-refractivity contribution in [3.8, 4) is 0 Å². The van der Waals surface area contributed by atoms with Crippen LogP contribution in [0, 0.1) is 5.92 Å². The standard InChI is InChI=1S/C13H15Cl2N3O3/c1-2-21-13(20)8-4-3-5-18(7-8)12(19)9-6-10(14)16-17-11(9)15/h6,8H,2-5,7H2,1H3/t8-/m1/s1. The number of esters is 1. The Hall–Kier alpha value is -1.40. The van der Waals surface area contributed by atoms with Crippen LogP contribution in [0.15, 0.2) is 6.07 Å². The van der Waals surface area contributed by atoms with E-state index in [1.54, 1.807) is 11.8 Å².